The van der Waals surface area contributed by atoms with Crippen molar-refractivity contribution in [3.8, 4) is 0 Å². The molecule has 42 heavy (non-hydrogen) atoms. The van der Waals surface area contributed by atoms with Crippen LogP contribution in [0.25, 0.3) is 12.2 Å². The lowest BCUT2D eigenvalue weighted by Gasteiger charge is -2.30. The molecule has 0 saturated heterocycles. The van der Waals surface area contributed by atoms with Crippen LogP contribution in [0.5, 0.6) is 0 Å². The van der Waals surface area contributed by atoms with Gasteiger partial charge in [0.2, 0.25) is 0 Å². The highest BCUT2D eigenvalue weighted by Gasteiger charge is 2.33. The molecule has 0 N–H and O–H groups in total. The van der Waals surface area contributed by atoms with Crippen LogP contribution in [0, 0.1) is 5.92 Å². The Morgan fingerprint density at radius 1 is 1.05 bits per heavy atom. The van der Waals surface area contributed by atoms with Crippen molar-refractivity contribution < 1.29 is 26.7 Å². The lowest BCUT2D eigenvalue weighted by molar-refractivity contribution is -0.137. The van der Waals surface area contributed by atoms with Crippen LogP contribution in [0.1, 0.15) is 88.5 Å². The number of pyridine rings is 1. The summed E-state index contributed by atoms with van der Waals surface area (Å²) in [6, 6.07) is 4.95. The van der Waals surface area contributed by atoms with E-state index in [2.05, 4.69) is 35.9 Å². The van der Waals surface area contributed by atoms with Gasteiger partial charge >= 0.3 is 6.18 Å². The van der Waals surface area contributed by atoms with Crippen molar-refractivity contribution in [1.29, 1.82) is 0 Å². The number of anilines is 1. The summed E-state index contributed by atoms with van der Waals surface area (Å²) in [5.74, 6) is 1.40. The Balaban J connectivity index is 1.79. The van der Waals surface area contributed by atoms with E-state index in [9.17, 15) is 22.0 Å². The van der Waals surface area contributed by atoms with Gasteiger partial charge in [-0.3, -0.25) is 0 Å². The maximum absolute atomic E-state index is 13.7. The van der Waals surface area contributed by atoms with Crippen LogP contribution in [0.3, 0.4) is 0 Å². The van der Waals surface area contributed by atoms with Gasteiger partial charge in [0.15, 0.2) is 0 Å². The third kappa shape index (κ3) is 7.81. The molecule has 10 heteroatoms. The zero-order valence-electron chi connectivity index (χ0n) is 24.9. The molecule has 0 amide bonds. The predicted molar refractivity (Wildman–Crippen MR) is 157 cm³/mol. The molecule has 1 unspecified atom stereocenters. The normalized spacial score (nSPS) is 18.6. The first-order valence-electron chi connectivity index (χ1n) is 14.9. The lowest BCUT2D eigenvalue weighted by atomic mass is 10.0. The summed E-state index contributed by atoms with van der Waals surface area (Å²) in [5.41, 5.74) is -0.775. The molecule has 1 atom stereocenters. The molecule has 1 aromatic carbocycles. The van der Waals surface area contributed by atoms with Crippen molar-refractivity contribution >= 4 is 24.0 Å². The average molecular weight is 593 g/mol. The summed E-state index contributed by atoms with van der Waals surface area (Å²) in [4.78, 5) is 13.6. The molecule has 2 aliphatic rings. The van der Waals surface area contributed by atoms with Gasteiger partial charge in [-0.2, -0.15) is 13.2 Å². The van der Waals surface area contributed by atoms with Crippen molar-refractivity contribution in [3.05, 3.63) is 57.1 Å². The number of alkyl halides is 5. The summed E-state index contributed by atoms with van der Waals surface area (Å²) in [6.45, 7) is 10.1. The molecule has 0 radical (unpaired) electrons. The van der Waals surface area contributed by atoms with Crippen molar-refractivity contribution in [2.75, 3.05) is 24.5 Å². The third-order valence-electron chi connectivity index (χ3n) is 7.86. The van der Waals surface area contributed by atoms with Crippen LogP contribution in [0.15, 0.2) is 29.3 Å². The number of ether oxygens (including phenoxy) is 1. The number of aromatic nitrogens is 1. The summed E-state index contributed by atoms with van der Waals surface area (Å²) >= 11 is 0. The lowest BCUT2D eigenvalue weighted by Crippen LogP contribution is -2.38. The summed E-state index contributed by atoms with van der Waals surface area (Å²) in [6.07, 6.45) is 1.70. The molecule has 0 spiro atoms. The van der Waals surface area contributed by atoms with Crippen LogP contribution in [0.2, 0.25) is 0 Å². The SMILES string of the molecule is C/C=c1/nc(N(CC)CC2CCCC2)c(CN(Cc2cc(C(F)F)cc(C(F)(F)F)c2)C2=NCC(C)O2)c/c1=C/CC. The molecular formula is C32H41F5N4O. The van der Waals surface area contributed by atoms with Crippen LogP contribution in [-0.2, 0) is 24.0 Å². The minimum atomic E-state index is -4.75. The molecule has 1 aromatic heterocycles. The van der Waals surface area contributed by atoms with E-state index in [0.717, 1.165) is 53.6 Å². The van der Waals surface area contributed by atoms with E-state index < -0.39 is 23.7 Å². The highest BCUT2D eigenvalue weighted by molar-refractivity contribution is 5.75. The van der Waals surface area contributed by atoms with Gasteiger partial charge in [0.25, 0.3) is 12.4 Å². The van der Waals surface area contributed by atoms with Crippen molar-refractivity contribution in [3.63, 3.8) is 0 Å². The number of hydrogen-bond donors (Lipinski definition) is 0. The molecule has 230 valence electrons. The first kappa shape index (κ1) is 31.8. The standard InChI is InChI=1S/C32H41F5N4O/c1-5-10-24-15-26(30(39-28(24)6-2)40(7-3)18-22-11-8-9-12-22)20-41(31-38-17-21(4)42-31)19-23-13-25(29(33)34)16-27(14-23)32(35,36)37/h6,10,13-16,21-22,29H,5,7-9,11-12,17-20H2,1-4H3/b24-10-,28-6+. The van der Waals surface area contributed by atoms with Gasteiger partial charge < -0.3 is 14.5 Å². The Bertz CT molecular complexity index is 1370. The van der Waals surface area contributed by atoms with Gasteiger partial charge in [-0.05, 0) is 81.0 Å². The first-order valence-corrected chi connectivity index (χ1v) is 14.9. The number of nitrogens with zero attached hydrogens (tertiary/aromatic N) is 4. The second-order valence-electron chi connectivity index (χ2n) is 11.2. The van der Waals surface area contributed by atoms with Gasteiger partial charge in [-0.1, -0.05) is 31.9 Å². The van der Waals surface area contributed by atoms with E-state index in [1.165, 1.54) is 25.7 Å². The molecule has 1 fully saturated rings. The minimum Gasteiger partial charge on any atom is -0.460 e. The van der Waals surface area contributed by atoms with Gasteiger partial charge in [-0.25, -0.2) is 18.8 Å². The van der Waals surface area contributed by atoms with E-state index >= 15 is 0 Å². The van der Waals surface area contributed by atoms with E-state index in [4.69, 9.17) is 9.72 Å². The first-order chi connectivity index (χ1) is 20.0. The van der Waals surface area contributed by atoms with Crippen molar-refractivity contribution in [2.24, 2.45) is 10.9 Å². The van der Waals surface area contributed by atoms with Crippen molar-refractivity contribution in [2.45, 2.75) is 91.6 Å². The number of rotatable bonds is 10. The number of benzene rings is 1. The van der Waals surface area contributed by atoms with Gasteiger partial charge in [-0.15, -0.1) is 0 Å². The van der Waals surface area contributed by atoms with Crippen LogP contribution in [-0.4, -0.2) is 41.6 Å². The molecule has 4 rings (SSSR count). The fraction of sp³-hybridized carbons (Fsp3) is 0.562. The van der Waals surface area contributed by atoms with E-state index in [0.29, 0.717) is 18.5 Å². The van der Waals surface area contributed by atoms with Crippen LogP contribution >= 0.6 is 0 Å². The van der Waals surface area contributed by atoms with E-state index in [1.54, 1.807) is 4.90 Å². The Kier molecular flexibility index (Phi) is 10.5. The molecular weight excluding hydrogens is 551 g/mol. The minimum absolute atomic E-state index is 0.0855. The summed E-state index contributed by atoms with van der Waals surface area (Å²) in [7, 11) is 0. The van der Waals surface area contributed by atoms with Crippen molar-refractivity contribution in [1.82, 2.24) is 9.88 Å². The Hall–Kier alpha value is -3.17. The zero-order valence-corrected chi connectivity index (χ0v) is 24.9. The quantitative estimate of drug-likeness (QED) is 0.284. The molecule has 1 aliphatic heterocycles. The maximum atomic E-state index is 13.7. The van der Waals surface area contributed by atoms with Gasteiger partial charge in [0.1, 0.15) is 11.9 Å². The van der Waals surface area contributed by atoms with Gasteiger partial charge in [0.05, 0.1) is 24.0 Å². The third-order valence-corrected chi connectivity index (χ3v) is 7.86. The monoisotopic (exact) mass is 592 g/mol. The van der Waals surface area contributed by atoms with Crippen LogP contribution < -0.4 is 15.5 Å². The topological polar surface area (TPSA) is 41.0 Å². The Labute approximate surface area is 244 Å². The Morgan fingerprint density at radius 2 is 1.79 bits per heavy atom. The number of aliphatic imine (C=N–C) groups is 1. The predicted octanol–water partition coefficient (Wildman–Crippen LogP) is 6.82. The smallest absolute Gasteiger partial charge is 0.416 e. The fourth-order valence-corrected chi connectivity index (χ4v) is 5.80. The number of hydrogen-bond acceptors (Lipinski definition) is 5. The Morgan fingerprint density at radius 3 is 2.36 bits per heavy atom. The van der Waals surface area contributed by atoms with E-state index in [-0.39, 0.29) is 30.8 Å². The maximum Gasteiger partial charge on any atom is 0.416 e. The average Bonchev–Trinajstić information content (AvgIpc) is 3.63. The second-order valence-corrected chi connectivity index (χ2v) is 11.2. The molecule has 1 saturated carbocycles. The highest BCUT2D eigenvalue weighted by atomic mass is 19.4. The zero-order chi connectivity index (χ0) is 30.4. The summed E-state index contributed by atoms with van der Waals surface area (Å²) < 4.78 is 74.2. The summed E-state index contributed by atoms with van der Waals surface area (Å²) in [5, 5.41) is 1.84. The number of halogens is 5. The molecule has 5 nitrogen and oxygen atoms in total. The molecule has 1 aliphatic carbocycles. The van der Waals surface area contributed by atoms with E-state index in [1.807, 2.05) is 19.9 Å². The van der Waals surface area contributed by atoms with Crippen LogP contribution in [0.4, 0.5) is 27.8 Å². The fourth-order valence-electron chi connectivity index (χ4n) is 5.80. The second kappa shape index (κ2) is 13.9. The highest BCUT2D eigenvalue weighted by Crippen LogP contribution is 2.34. The largest absolute Gasteiger partial charge is 0.460 e. The number of amidine groups is 1. The molecule has 0 bridgehead atoms. The molecule has 2 heterocycles. The molecule has 2 aromatic rings. The van der Waals surface area contributed by atoms with Gasteiger partial charge in [0, 0.05) is 30.8 Å².